The maximum atomic E-state index is 12.2. The van der Waals surface area contributed by atoms with Gasteiger partial charge in [0.1, 0.15) is 0 Å². The molecule has 0 aromatic carbocycles. The Labute approximate surface area is 105 Å². The predicted octanol–water partition coefficient (Wildman–Crippen LogP) is 0.00440. The Bertz CT molecular complexity index is 442. The van der Waals surface area contributed by atoms with Crippen LogP contribution in [0.5, 0.6) is 5.88 Å². The molecule has 1 aliphatic heterocycles. The van der Waals surface area contributed by atoms with Gasteiger partial charge in [0.15, 0.2) is 0 Å². The fraction of sp³-hybridized carbons (Fsp3) is 0.417. The van der Waals surface area contributed by atoms with E-state index in [9.17, 15) is 9.59 Å². The molecule has 96 valence electrons. The van der Waals surface area contributed by atoms with Crippen LogP contribution in [-0.4, -0.2) is 60.4 Å². The number of carbonyl (C=O) groups excluding carboxylic acids is 2. The highest BCUT2D eigenvalue weighted by molar-refractivity contribution is 5.94. The number of carbonyl (C=O) groups is 2. The van der Waals surface area contributed by atoms with Gasteiger partial charge < -0.3 is 14.5 Å². The fourth-order valence-electron chi connectivity index (χ4n) is 1.87. The third kappa shape index (κ3) is 2.58. The maximum absolute atomic E-state index is 12.2. The van der Waals surface area contributed by atoms with E-state index < -0.39 is 0 Å². The third-order valence-corrected chi connectivity index (χ3v) is 2.94. The number of hydrogen-bond donors (Lipinski definition) is 0. The van der Waals surface area contributed by atoms with E-state index in [4.69, 9.17) is 4.74 Å². The molecule has 1 aliphatic rings. The summed E-state index contributed by atoms with van der Waals surface area (Å²) in [5.74, 6) is 0.369. The molecule has 6 heteroatoms. The summed E-state index contributed by atoms with van der Waals surface area (Å²) in [5.41, 5.74) is 0.557. The first-order valence-corrected chi connectivity index (χ1v) is 5.73. The molecule has 0 spiro atoms. The van der Waals surface area contributed by atoms with Gasteiger partial charge in [0.05, 0.1) is 7.11 Å². The molecule has 1 aromatic rings. The number of amides is 2. The van der Waals surface area contributed by atoms with Crippen LogP contribution in [0.25, 0.3) is 0 Å². The largest absolute Gasteiger partial charge is 0.481 e. The monoisotopic (exact) mass is 249 g/mol. The average Bonchev–Trinajstić information content (AvgIpc) is 2.46. The van der Waals surface area contributed by atoms with Crippen molar-refractivity contribution in [1.82, 2.24) is 14.8 Å². The molecule has 0 aliphatic carbocycles. The lowest BCUT2D eigenvalue weighted by atomic mass is 10.2. The Morgan fingerprint density at radius 2 is 2.11 bits per heavy atom. The second-order valence-electron chi connectivity index (χ2n) is 4.02. The van der Waals surface area contributed by atoms with Gasteiger partial charge in [-0.3, -0.25) is 9.59 Å². The van der Waals surface area contributed by atoms with Gasteiger partial charge in [-0.15, -0.1) is 0 Å². The minimum Gasteiger partial charge on any atom is -0.481 e. The van der Waals surface area contributed by atoms with Crippen molar-refractivity contribution >= 4 is 12.3 Å². The van der Waals surface area contributed by atoms with E-state index in [-0.39, 0.29) is 5.91 Å². The summed E-state index contributed by atoms with van der Waals surface area (Å²) in [7, 11) is 1.51. The van der Waals surface area contributed by atoms with Crippen molar-refractivity contribution in [2.45, 2.75) is 0 Å². The van der Waals surface area contributed by atoms with Crippen molar-refractivity contribution in [2.75, 3.05) is 33.3 Å². The van der Waals surface area contributed by atoms with Gasteiger partial charge in [-0.1, -0.05) is 0 Å². The SMILES string of the molecule is COc1cc(C(=O)N2CCN(C=O)CC2)ccn1. The van der Waals surface area contributed by atoms with Crippen LogP contribution in [0.2, 0.25) is 0 Å². The molecule has 2 rings (SSSR count). The molecular formula is C12H15N3O3. The maximum Gasteiger partial charge on any atom is 0.254 e. The van der Waals surface area contributed by atoms with E-state index in [2.05, 4.69) is 4.98 Å². The topological polar surface area (TPSA) is 62.7 Å². The molecule has 0 bridgehead atoms. The standard InChI is InChI=1S/C12H15N3O3/c1-18-11-8-10(2-3-13-11)12(17)15-6-4-14(9-16)5-7-15/h2-3,8-9H,4-7H2,1H3. The molecule has 0 atom stereocenters. The summed E-state index contributed by atoms with van der Waals surface area (Å²) >= 11 is 0. The minimum absolute atomic E-state index is 0.0544. The third-order valence-electron chi connectivity index (χ3n) is 2.94. The van der Waals surface area contributed by atoms with Gasteiger partial charge >= 0.3 is 0 Å². The van der Waals surface area contributed by atoms with Crippen LogP contribution in [0.3, 0.4) is 0 Å². The summed E-state index contributed by atoms with van der Waals surface area (Å²) in [6.07, 6.45) is 2.37. The van der Waals surface area contributed by atoms with Gasteiger partial charge in [0.2, 0.25) is 12.3 Å². The number of methoxy groups -OCH3 is 1. The number of nitrogens with zero attached hydrogens (tertiary/aromatic N) is 3. The first kappa shape index (κ1) is 12.3. The van der Waals surface area contributed by atoms with Gasteiger partial charge in [0, 0.05) is 44.0 Å². The van der Waals surface area contributed by atoms with Crippen molar-refractivity contribution in [2.24, 2.45) is 0 Å². The fourth-order valence-corrected chi connectivity index (χ4v) is 1.87. The lowest BCUT2D eigenvalue weighted by Crippen LogP contribution is -2.48. The Kier molecular flexibility index (Phi) is 3.76. The number of rotatable bonds is 3. The molecule has 0 unspecified atom stereocenters. The zero-order valence-electron chi connectivity index (χ0n) is 10.2. The van der Waals surface area contributed by atoms with Crippen LogP contribution in [0.15, 0.2) is 18.3 Å². The summed E-state index contributed by atoms with van der Waals surface area (Å²) < 4.78 is 4.99. The molecule has 1 aromatic heterocycles. The lowest BCUT2D eigenvalue weighted by Gasteiger charge is -2.32. The summed E-state index contributed by atoms with van der Waals surface area (Å²) in [4.78, 5) is 30.1. The first-order valence-electron chi connectivity index (χ1n) is 5.73. The Hall–Kier alpha value is -2.11. The zero-order chi connectivity index (χ0) is 13.0. The second kappa shape index (κ2) is 5.48. The highest BCUT2D eigenvalue weighted by Gasteiger charge is 2.21. The van der Waals surface area contributed by atoms with Crippen LogP contribution in [0.4, 0.5) is 0 Å². The van der Waals surface area contributed by atoms with Crippen LogP contribution in [0.1, 0.15) is 10.4 Å². The Balaban J connectivity index is 2.05. The van der Waals surface area contributed by atoms with E-state index in [1.807, 2.05) is 0 Å². The van der Waals surface area contributed by atoms with Gasteiger partial charge in [-0.2, -0.15) is 0 Å². The molecule has 0 saturated carbocycles. The van der Waals surface area contributed by atoms with Crippen LogP contribution in [-0.2, 0) is 4.79 Å². The van der Waals surface area contributed by atoms with Crippen molar-refractivity contribution in [3.05, 3.63) is 23.9 Å². The highest BCUT2D eigenvalue weighted by Crippen LogP contribution is 2.12. The van der Waals surface area contributed by atoms with E-state index in [0.29, 0.717) is 37.6 Å². The van der Waals surface area contributed by atoms with Crippen LogP contribution >= 0.6 is 0 Å². The van der Waals surface area contributed by atoms with Gasteiger partial charge in [0.25, 0.3) is 5.91 Å². The number of pyridine rings is 1. The van der Waals surface area contributed by atoms with E-state index in [1.165, 1.54) is 7.11 Å². The normalized spacial score (nSPS) is 15.4. The zero-order valence-corrected chi connectivity index (χ0v) is 10.2. The minimum atomic E-state index is -0.0544. The predicted molar refractivity (Wildman–Crippen MR) is 64.3 cm³/mol. The van der Waals surface area contributed by atoms with E-state index >= 15 is 0 Å². The smallest absolute Gasteiger partial charge is 0.254 e. The number of piperazine rings is 1. The molecule has 2 heterocycles. The highest BCUT2D eigenvalue weighted by atomic mass is 16.5. The number of aromatic nitrogens is 1. The van der Waals surface area contributed by atoms with Crippen molar-refractivity contribution in [3.63, 3.8) is 0 Å². The number of ether oxygens (including phenoxy) is 1. The van der Waals surface area contributed by atoms with E-state index in [0.717, 1.165) is 6.41 Å². The molecular weight excluding hydrogens is 234 g/mol. The lowest BCUT2D eigenvalue weighted by molar-refractivity contribution is -0.119. The first-order chi connectivity index (χ1) is 8.74. The Morgan fingerprint density at radius 1 is 1.39 bits per heavy atom. The summed E-state index contributed by atoms with van der Waals surface area (Å²) in [5, 5.41) is 0. The van der Waals surface area contributed by atoms with Gasteiger partial charge in [-0.05, 0) is 6.07 Å². The second-order valence-corrected chi connectivity index (χ2v) is 4.02. The van der Waals surface area contributed by atoms with Gasteiger partial charge in [-0.25, -0.2) is 4.98 Å². The molecule has 1 saturated heterocycles. The number of hydrogen-bond acceptors (Lipinski definition) is 4. The van der Waals surface area contributed by atoms with Crippen molar-refractivity contribution in [1.29, 1.82) is 0 Å². The van der Waals surface area contributed by atoms with Crippen LogP contribution < -0.4 is 4.74 Å². The Morgan fingerprint density at radius 3 is 2.72 bits per heavy atom. The molecule has 0 N–H and O–H groups in total. The average molecular weight is 249 g/mol. The van der Waals surface area contributed by atoms with Crippen molar-refractivity contribution < 1.29 is 14.3 Å². The molecule has 6 nitrogen and oxygen atoms in total. The molecule has 0 radical (unpaired) electrons. The van der Waals surface area contributed by atoms with Crippen LogP contribution in [0, 0.1) is 0 Å². The summed E-state index contributed by atoms with van der Waals surface area (Å²) in [6.45, 7) is 2.28. The molecule has 1 fully saturated rings. The molecule has 18 heavy (non-hydrogen) atoms. The molecule has 2 amide bonds. The van der Waals surface area contributed by atoms with E-state index in [1.54, 1.807) is 28.1 Å². The quantitative estimate of drug-likeness (QED) is 0.708. The van der Waals surface area contributed by atoms with Crippen molar-refractivity contribution in [3.8, 4) is 5.88 Å². The summed E-state index contributed by atoms with van der Waals surface area (Å²) in [6, 6.07) is 3.28.